The fraction of sp³-hybridized carbons (Fsp3) is 0.235. The smallest absolute Gasteiger partial charge is 0.120 e. The number of benzene rings is 1. The van der Waals surface area contributed by atoms with E-state index in [1.807, 2.05) is 26.0 Å². The summed E-state index contributed by atoms with van der Waals surface area (Å²) in [6, 6.07) is 14.5. The second-order valence-corrected chi connectivity index (χ2v) is 4.87. The third-order valence-corrected chi connectivity index (χ3v) is 3.33. The Morgan fingerprint density at radius 3 is 2.85 bits per heavy atom. The van der Waals surface area contributed by atoms with E-state index in [9.17, 15) is 0 Å². The van der Waals surface area contributed by atoms with Crippen LogP contribution in [0.2, 0.25) is 0 Å². The molecular weight excluding hydrogens is 248 g/mol. The van der Waals surface area contributed by atoms with Crippen LogP contribution < -0.4 is 4.74 Å². The van der Waals surface area contributed by atoms with Gasteiger partial charge in [0.1, 0.15) is 5.75 Å². The molecule has 20 heavy (non-hydrogen) atoms. The van der Waals surface area contributed by atoms with Crippen LogP contribution in [0.25, 0.3) is 10.9 Å². The van der Waals surface area contributed by atoms with E-state index in [0.29, 0.717) is 6.61 Å². The molecule has 2 aromatic heterocycles. The zero-order valence-corrected chi connectivity index (χ0v) is 11.8. The summed E-state index contributed by atoms with van der Waals surface area (Å²) in [6.07, 6.45) is 2.10. The Kier molecular flexibility index (Phi) is 3.42. The highest BCUT2D eigenvalue weighted by Gasteiger charge is 2.04. The fourth-order valence-corrected chi connectivity index (χ4v) is 2.43. The van der Waals surface area contributed by atoms with Crippen molar-refractivity contribution in [2.75, 3.05) is 6.61 Å². The number of aromatic nitrogens is 2. The maximum absolute atomic E-state index is 5.54. The maximum Gasteiger partial charge on any atom is 0.120 e. The number of nitrogens with zero attached hydrogens (tertiary/aromatic N) is 2. The number of hydrogen-bond donors (Lipinski definition) is 0. The predicted molar refractivity (Wildman–Crippen MR) is 81.2 cm³/mol. The van der Waals surface area contributed by atoms with Gasteiger partial charge in [0.05, 0.1) is 18.8 Å². The van der Waals surface area contributed by atoms with Gasteiger partial charge in [-0.3, -0.25) is 4.98 Å². The van der Waals surface area contributed by atoms with Crippen LogP contribution in [0.5, 0.6) is 5.75 Å². The standard InChI is InChI=1S/C17H18N2O/c1-3-20-16-7-8-17-14(11-16)9-10-19(17)12-15-6-4-5-13(2)18-15/h4-11H,3,12H2,1-2H3. The first-order chi connectivity index (χ1) is 9.76. The molecule has 0 unspecified atom stereocenters. The molecule has 2 heterocycles. The molecule has 0 radical (unpaired) electrons. The molecule has 0 spiro atoms. The van der Waals surface area contributed by atoms with Crippen LogP contribution in [0.1, 0.15) is 18.3 Å². The van der Waals surface area contributed by atoms with E-state index in [2.05, 4.69) is 46.1 Å². The number of rotatable bonds is 4. The summed E-state index contributed by atoms with van der Waals surface area (Å²) in [5.41, 5.74) is 3.34. The van der Waals surface area contributed by atoms with Gasteiger partial charge in [-0.25, -0.2) is 0 Å². The van der Waals surface area contributed by atoms with Gasteiger partial charge in [-0.2, -0.15) is 0 Å². The van der Waals surface area contributed by atoms with Gasteiger partial charge in [0, 0.05) is 22.8 Å². The summed E-state index contributed by atoms with van der Waals surface area (Å²) in [5.74, 6) is 0.923. The molecule has 0 saturated heterocycles. The van der Waals surface area contributed by atoms with Gasteiger partial charge < -0.3 is 9.30 Å². The molecule has 3 nitrogen and oxygen atoms in total. The number of ether oxygens (including phenoxy) is 1. The minimum Gasteiger partial charge on any atom is -0.494 e. The first-order valence-corrected chi connectivity index (χ1v) is 6.90. The second kappa shape index (κ2) is 5.37. The van der Waals surface area contributed by atoms with Crippen LogP contribution in [0.15, 0.2) is 48.7 Å². The molecule has 0 saturated carbocycles. The van der Waals surface area contributed by atoms with Crippen molar-refractivity contribution in [1.82, 2.24) is 9.55 Å². The number of hydrogen-bond acceptors (Lipinski definition) is 2. The first-order valence-electron chi connectivity index (χ1n) is 6.90. The minimum absolute atomic E-state index is 0.694. The molecule has 0 aliphatic carbocycles. The van der Waals surface area contributed by atoms with E-state index < -0.39 is 0 Å². The monoisotopic (exact) mass is 266 g/mol. The molecule has 3 rings (SSSR count). The van der Waals surface area contributed by atoms with Crippen LogP contribution in [-0.4, -0.2) is 16.2 Å². The molecule has 0 aliphatic rings. The SMILES string of the molecule is CCOc1ccc2c(ccn2Cc2cccc(C)n2)c1. The second-order valence-electron chi connectivity index (χ2n) is 4.87. The van der Waals surface area contributed by atoms with E-state index in [1.54, 1.807) is 0 Å². The molecule has 3 aromatic rings. The van der Waals surface area contributed by atoms with Gasteiger partial charge >= 0.3 is 0 Å². The van der Waals surface area contributed by atoms with Gasteiger partial charge in [-0.1, -0.05) is 6.07 Å². The van der Waals surface area contributed by atoms with E-state index >= 15 is 0 Å². The largest absolute Gasteiger partial charge is 0.494 e. The van der Waals surface area contributed by atoms with Crippen LogP contribution in [0.3, 0.4) is 0 Å². The van der Waals surface area contributed by atoms with Crippen LogP contribution in [0, 0.1) is 6.92 Å². The highest BCUT2D eigenvalue weighted by Crippen LogP contribution is 2.22. The molecular formula is C17H18N2O. The van der Waals surface area contributed by atoms with Crippen molar-refractivity contribution in [2.45, 2.75) is 20.4 Å². The highest BCUT2D eigenvalue weighted by molar-refractivity contribution is 5.81. The molecule has 0 N–H and O–H groups in total. The zero-order chi connectivity index (χ0) is 13.9. The van der Waals surface area contributed by atoms with Crippen LogP contribution in [0.4, 0.5) is 0 Å². The van der Waals surface area contributed by atoms with E-state index in [-0.39, 0.29) is 0 Å². The van der Waals surface area contributed by atoms with Crippen molar-refractivity contribution < 1.29 is 4.74 Å². The molecule has 102 valence electrons. The van der Waals surface area contributed by atoms with Crippen molar-refractivity contribution >= 4 is 10.9 Å². The Hall–Kier alpha value is -2.29. The Balaban J connectivity index is 1.92. The third-order valence-electron chi connectivity index (χ3n) is 3.33. The van der Waals surface area contributed by atoms with Crippen LogP contribution in [-0.2, 0) is 6.54 Å². The summed E-state index contributed by atoms with van der Waals surface area (Å²) < 4.78 is 7.75. The van der Waals surface area contributed by atoms with Crippen molar-refractivity contribution in [3.05, 3.63) is 60.0 Å². The molecule has 0 fully saturated rings. The molecule has 0 bridgehead atoms. The predicted octanol–water partition coefficient (Wildman–Crippen LogP) is 3.79. The lowest BCUT2D eigenvalue weighted by Gasteiger charge is -2.07. The van der Waals surface area contributed by atoms with E-state index in [1.165, 1.54) is 10.9 Å². The van der Waals surface area contributed by atoms with Crippen molar-refractivity contribution in [2.24, 2.45) is 0 Å². The summed E-state index contributed by atoms with van der Waals surface area (Å²) in [4.78, 5) is 4.56. The average Bonchev–Trinajstić information content (AvgIpc) is 2.82. The zero-order valence-electron chi connectivity index (χ0n) is 11.8. The fourth-order valence-electron chi connectivity index (χ4n) is 2.43. The molecule has 0 atom stereocenters. The average molecular weight is 266 g/mol. The first kappa shape index (κ1) is 12.7. The third kappa shape index (κ3) is 2.52. The Labute approximate surface area is 118 Å². The van der Waals surface area contributed by atoms with Gasteiger partial charge in [-0.15, -0.1) is 0 Å². The molecule has 0 aliphatic heterocycles. The molecule has 3 heteroatoms. The lowest BCUT2D eigenvalue weighted by molar-refractivity contribution is 0.340. The van der Waals surface area contributed by atoms with Crippen molar-refractivity contribution in [3.8, 4) is 5.75 Å². The minimum atomic E-state index is 0.694. The normalized spacial score (nSPS) is 10.9. The number of aryl methyl sites for hydroxylation is 1. The van der Waals surface area contributed by atoms with E-state index in [4.69, 9.17) is 4.74 Å². The van der Waals surface area contributed by atoms with Crippen molar-refractivity contribution in [1.29, 1.82) is 0 Å². The van der Waals surface area contributed by atoms with Gasteiger partial charge in [0.2, 0.25) is 0 Å². The summed E-state index contributed by atoms with van der Waals surface area (Å²) in [6.45, 7) is 5.50. The Morgan fingerprint density at radius 1 is 1.15 bits per heavy atom. The molecule has 1 aromatic carbocycles. The topological polar surface area (TPSA) is 27.1 Å². The number of fused-ring (bicyclic) bond motifs is 1. The van der Waals surface area contributed by atoms with Gasteiger partial charge in [0.25, 0.3) is 0 Å². The summed E-state index contributed by atoms with van der Waals surface area (Å²) in [5, 5.41) is 1.20. The lowest BCUT2D eigenvalue weighted by atomic mass is 10.2. The Morgan fingerprint density at radius 2 is 2.05 bits per heavy atom. The Bertz CT molecular complexity index is 731. The van der Waals surface area contributed by atoms with E-state index in [0.717, 1.165) is 23.7 Å². The molecule has 0 amide bonds. The summed E-state index contributed by atoms with van der Waals surface area (Å²) >= 11 is 0. The number of pyridine rings is 1. The summed E-state index contributed by atoms with van der Waals surface area (Å²) in [7, 11) is 0. The quantitative estimate of drug-likeness (QED) is 0.718. The van der Waals surface area contributed by atoms with Crippen molar-refractivity contribution in [3.63, 3.8) is 0 Å². The van der Waals surface area contributed by atoms with Crippen LogP contribution >= 0.6 is 0 Å². The van der Waals surface area contributed by atoms with Gasteiger partial charge in [-0.05, 0) is 50.2 Å². The van der Waals surface area contributed by atoms with Gasteiger partial charge in [0.15, 0.2) is 0 Å². The lowest BCUT2D eigenvalue weighted by Crippen LogP contribution is -2.01. The maximum atomic E-state index is 5.54. The highest BCUT2D eigenvalue weighted by atomic mass is 16.5.